The minimum Gasteiger partial charge on any atom is -0.480 e. The van der Waals surface area contributed by atoms with Crippen molar-refractivity contribution in [3.8, 4) is 0 Å². The fourth-order valence-corrected chi connectivity index (χ4v) is 1.93. The highest BCUT2D eigenvalue weighted by atomic mass is 127. The van der Waals surface area contributed by atoms with Crippen molar-refractivity contribution in [1.82, 2.24) is 0 Å². The van der Waals surface area contributed by atoms with Crippen LogP contribution < -0.4 is 11.1 Å². The minimum absolute atomic E-state index is 0.0116. The first-order chi connectivity index (χ1) is 7.04. The van der Waals surface area contributed by atoms with Crippen molar-refractivity contribution in [2.24, 2.45) is 5.73 Å². The summed E-state index contributed by atoms with van der Waals surface area (Å²) in [6.07, 6.45) is 0. The number of aliphatic carboxylic acids is 1. The maximum atomic E-state index is 10.7. The lowest BCUT2D eigenvalue weighted by molar-refractivity contribution is -0.137. The maximum Gasteiger partial charge on any atom is 0.327 e. The lowest BCUT2D eigenvalue weighted by Crippen LogP contribution is -2.36. The number of anilines is 1. The predicted octanol–water partition coefficient (Wildman–Crippen LogP) is 1.77. The van der Waals surface area contributed by atoms with Crippen molar-refractivity contribution in [1.29, 1.82) is 0 Å². The summed E-state index contributed by atoms with van der Waals surface area (Å²) in [7, 11) is 0. The van der Waals surface area contributed by atoms with Gasteiger partial charge in [-0.2, -0.15) is 0 Å². The van der Waals surface area contributed by atoms with E-state index in [2.05, 4.69) is 27.9 Å². The van der Waals surface area contributed by atoms with E-state index in [1.54, 1.807) is 12.1 Å². The normalized spacial score (nSPS) is 12.2. The Balaban J connectivity index is 2.84. The van der Waals surface area contributed by atoms with E-state index in [-0.39, 0.29) is 6.54 Å². The van der Waals surface area contributed by atoms with Crippen molar-refractivity contribution in [2.75, 3.05) is 11.9 Å². The van der Waals surface area contributed by atoms with Gasteiger partial charge in [-0.15, -0.1) is 0 Å². The molecule has 1 rings (SSSR count). The molecule has 0 spiro atoms. The molecule has 4 N–H and O–H groups in total. The van der Waals surface area contributed by atoms with Crippen molar-refractivity contribution in [3.05, 3.63) is 26.8 Å². The van der Waals surface area contributed by atoms with Crippen LogP contribution in [-0.2, 0) is 4.79 Å². The number of rotatable bonds is 4. The Morgan fingerprint density at radius 1 is 1.67 bits per heavy atom. The highest BCUT2D eigenvalue weighted by Gasteiger charge is 2.15. The first-order valence-electron chi connectivity index (χ1n) is 4.19. The Hall–Kier alpha value is -0.530. The summed E-state index contributed by atoms with van der Waals surface area (Å²) in [5.74, 6) is -0.993. The van der Waals surface area contributed by atoms with Crippen molar-refractivity contribution < 1.29 is 9.90 Å². The summed E-state index contributed by atoms with van der Waals surface area (Å²) in [6, 6.07) is 4.50. The fourth-order valence-electron chi connectivity index (χ4n) is 1.02. The summed E-state index contributed by atoms with van der Waals surface area (Å²) >= 11 is 8.06. The second-order valence-corrected chi connectivity index (χ2v) is 4.55. The molecule has 0 aliphatic carbocycles. The minimum atomic E-state index is -0.993. The maximum absolute atomic E-state index is 10.7. The second-order valence-electron chi connectivity index (χ2n) is 2.90. The first-order valence-corrected chi connectivity index (χ1v) is 5.64. The van der Waals surface area contributed by atoms with Crippen LogP contribution in [0.25, 0.3) is 0 Å². The highest BCUT2D eigenvalue weighted by molar-refractivity contribution is 14.1. The average molecular weight is 341 g/mol. The van der Waals surface area contributed by atoms with Crippen molar-refractivity contribution in [3.63, 3.8) is 0 Å². The average Bonchev–Trinajstić information content (AvgIpc) is 2.16. The molecule has 1 aromatic carbocycles. The van der Waals surface area contributed by atoms with Gasteiger partial charge in [0.15, 0.2) is 0 Å². The van der Waals surface area contributed by atoms with E-state index >= 15 is 0 Å². The Morgan fingerprint density at radius 2 is 2.33 bits per heavy atom. The first kappa shape index (κ1) is 12.5. The zero-order valence-corrected chi connectivity index (χ0v) is 10.6. The predicted molar refractivity (Wildman–Crippen MR) is 68.3 cm³/mol. The van der Waals surface area contributed by atoms with Crippen molar-refractivity contribution in [2.45, 2.75) is 6.04 Å². The fraction of sp³-hybridized carbons (Fsp3) is 0.222. The molecule has 0 bridgehead atoms. The van der Waals surface area contributed by atoms with Crippen LogP contribution in [-0.4, -0.2) is 23.7 Å². The molecule has 0 aliphatic heterocycles. The topological polar surface area (TPSA) is 75.3 Å². The van der Waals surface area contributed by atoms with Gasteiger partial charge in [-0.05, 0) is 40.8 Å². The molecule has 0 radical (unpaired) electrons. The van der Waals surface area contributed by atoms with Gasteiger partial charge in [0.25, 0.3) is 0 Å². The van der Waals surface area contributed by atoms with Crippen LogP contribution in [0, 0.1) is 3.57 Å². The number of carbonyl (C=O) groups is 1. The summed E-state index contributed by atoms with van der Waals surface area (Å²) < 4.78 is 0.989. The van der Waals surface area contributed by atoms with Gasteiger partial charge < -0.3 is 16.2 Å². The molecule has 0 saturated heterocycles. The van der Waals surface area contributed by atoms with Crippen LogP contribution >= 0.6 is 34.2 Å². The number of benzene rings is 1. The molecule has 0 heterocycles. The monoisotopic (exact) mass is 340 g/mol. The molecule has 0 saturated carbocycles. The van der Waals surface area contributed by atoms with Gasteiger partial charge in [0.1, 0.15) is 6.04 Å². The van der Waals surface area contributed by atoms with Gasteiger partial charge in [-0.25, -0.2) is 4.79 Å². The number of hydrogen-bond acceptors (Lipinski definition) is 3. The van der Waals surface area contributed by atoms with Gasteiger partial charge in [0.2, 0.25) is 0 Å². The van der Waals surface area contributed by atoms with Crippen LogP contribution in [0.1, 0.15) is 0 Å². The summed E-state index contributed by atoms with van der Waals surface area (Å²) in [6.45, 7) is 0.0116. The molecule has 0 amide bonds. The zero-order valence-electron chi connectivity index (χ0n) is 7.71. The van der Waals surface area contributed by atoms with E-state index in [9.17, 15) is 4.79 Å². The van der Waals surface area contributed by atoms with E-state index in [0.29, 0.717) is 10.7 Å². The molecule has 82 valence electrons. The Kier molecular flexibility index (Phi) is 4.62. The molecular formula is C9H10ClIN2O2. The molecule has 1 atom stereocenters. The largest absolute Gasteiger partial charge is 0.480 e. The molecule has 0 fully saturated rings. The molecule has 0 aliphatic rings. The lowest BCUT2D eigenvalue weighted by atomic mass is 10.2. The van der Waals surface area contributed by atoms with Crippen LogP contribution in [0.5, 0.6) is 0 Å². The Bertz CT molecular complexity index is 373. The van der Waals surface area contributed by atoms with Crippen LogP contribution in [0.4, 0.5) is 5.69 Å². The van der Waals surface area contributed by atoms with Gasteiger partial charge in [-0.3, -0.25) is 0 Å². The Morgan fingerprint density at radius 3 is 2.80 bits per heavy atom. The van der Waals surface area contributed by atoms with Crippen LogP contribution in [0.15, 0.2) is 18.2 Å². The third-order valence-corrected chi connectivity index (χ3v) is 2.78. The lowest BCUT2D eigenvalue weighted by Gasteiger charge is -2.14. The quantitative estimate of drug-likeness (QED) is 0.730. The van der Waals surface area contributed by atoms with E-state index in [1.807, 2.05) is 6.07 Å². The van der Waals surface area contributed by atoms with Gasteiger partial charge in [-0.1, -0.05) is 11.6 Å². The number of carboxylic acids is 1. The van der Waals surface area contributed by atoms with Crippen LogP contribution in [0.3, 0.4) is 0 Å². The number of hydrogen-bond donors (Lipinski definition) is 3. The standard InChI is InChI=1S/C9H10ClIN2O2/c10-6-3-5(11)1-2-7(6)13-8(4-12)9(14)15/h1-3,8,13H,4,12H2,(H,14,15). The summed E-state index contributed by atoms with van der Waals surface area (Å²) in [4.78, 5) is 10.7. The molecular weight excluding hydrogens is 330 g/mol. The van der Waals surface area contributed by atoms with Gasteiger partial charge in [0.05, 0.1) is 10.7 Å². The number of carboxylic acid groups (broad SMARTS) is 1. The third kappa shape index (κ3) is 3.51. The van der Waals surface area contributed by atoms with Crippen LogP contribution in [0.2, 0.25) is 5.02 Å². The molecule has 15 heavy (non-hydrogen) atoms. The smallest absolute Gasteiger partial charge is 0.327 e. The number of nitrogens with two attached hydrogens (primary N) is 1. The van der Waals surface area contributed by atoms with Gasteiger partial charge in [0, 0.05) is 10.1 Å². The third-order valence-electron chi connectivity index (χ3n) is 1.79. The molecule has 1 aromatic rings. The van der Waals surface area contributed by atoms with E-state index in [1.165, 1.54) is 0 Å². The molecule has 0 aromatic heterocycles. The molecule has 1 unspecified atom stereocenters. The van der Waals surface area contributed by atoms with Crippen molar-refractivity contribution >= 4 is 45.8 Å². The summed E-state index contributed by atoms with van der Waals surface area (Å²) in [5, 5.41) is 12.0. The van der Waals surface area contributed by atoms with E-state index in [4.69, 9.17) is 22.4 Å². The summed E-state index contributed by atoms with van der Waals surface area (Å²) in [5.41, 5.74) is 5.89. The second kappa shape index (κ2) is 5.53. The number of nitrogens with one attached hydrogen (secondary N) is 1. The van der Waals surface area contributed by atoms with Gasteiger partial charge >= 0.3 is 5.97 Å². The van der Waals surface area contributed by atoms with E-state index < -0.39 is 12.0 Å². The zero-order chi connectivity index (χ0) is 11.4. The Labute approximate surface area is 106 Å². The SMILES string of the molecule is NCC(Nc1ccc(I)cc1Cl)C(=O)O. The molecule has 4 nitrogen and oxygen atoms in total. The highest BCUT2D eigenvalue weighted by Crippen LogP contribution is 2.24. The number of halogens is 2. The molecule has 6 heteroatoms. The van der Waals surface area contributed by atoms with E-state index in [0.717, 1.165) is 3.57 Å².